The van der Waals surface area contributed by atoms with E-state index in [1.54, 1.807) is 57.2 Å². The number of hydrogen-bond donors (Lipinski definition) is 0. The van der Waals surface area contributed by atoms with Gasteiger partial charge in [0.1, 0.15) is 5.58 Å². The van der Waals surface area contributed by atoms with Crippen molar-refractivity contribution >= 4 is 43.5 Å². The number of furan rings is 1. The molecule has 1 radical (unpaired) electrons. The molecule has 0 aliphatic rings. The van der Waals surface area contributed by atoms with E-state index in [1.165, 1.54) is 18.5 Å². The van der Waals surface area contributed by atoms with E-state index in [-0.39, 0.29) is 36.8 Å². The van der Waals surface area contributed by atoms with Crippen LogP contribution in [0.2, 0.25) is 0 Å². The van der Waals surface area contributed by atoms with Crippen LogP contribution < -0.4 is 0 Å². The van der Waals surface area contributed by atoms with E-state index >= 15 is 0 Å². The Morgan fingerprint density at radius 1 is 0.692 bits per heavy atom. The third-order valence-corrected chi connectivity index (χ3v) is 8.35. The number of aryl methyl sites for hydroxylation is 2. The number of benzene rings is 5. The number of hydrogen-bond acceptors (Lipinski definition) is 3. The molecule has 52 heavy (non-hydrogen) atoms. The van der Waals surface area contributed by atoms with E-state index in [0.29, 0.717) is 33.7 Å². The molecule has 0 saturated heterocycles. The molecule has 0 aliphatic heterocycles. The third-order valence-electron chi connectivity index (χ3n) is 8.35. The predicted molar refractivity (Wildman–Crippen MR) is 215 cm³/mol. The topological polar surface area (TPSA) is 38.9 Å². The summed E-state index contributed by atoms with van der Waals surface area (Å²) in [6, 6.07) is 36.1. The zero-order chi connectivity index (χ0) is 44.5. The van der Waals surface area contributed by atoms with Crippen LogP contribution in [0, 0.1) is 36.7 Å². The molecule has 0 saturated carbocycles. The molecule has 3 heterocycles. The summed E-state index contributed by atoms with van der Waals surface area (Å²) in [6.45, 7) is 6.18. The quantitative estimate of drug-likeness (QED) is 0.131. The summed E-state index contributed by atoms with van der Waals surface area (Å²) in [4.78, 5) is 8.79. The van der Waals surface area contributed by atoms with Crippen molar-refractivity contribution < 1.29 is 38.2 Å². The molecule has 8 rings (SSSR count). The smallest absolute Gasteiger partial charge is 0.129 e. The van der Waals surface area contributed by atoms with E-state index in [4.69, 9.17) is 18.1 Å². The van der Waals surface area contributed by atoms with Crippen LogP contribution in [0.3, 0.4) is 0 Å². The van der Waals surface area contributed by atoms with E-state index in [1.807, 2.05) is 39.0 Å². The first-order valence-electron chi connectivity index (χ1n) is 22.0. The Labute approximate surface area is 335 Å². The number of rotatable bonds is 4. The maximum absolute atomic E-state index is 8.87. The van der Waals surface area contributed by atoms with Crippen LogP contribution in [0.15, 0.2) is 114 Å². The van der Waals surface area contributed by atoms with Crippen molar-refractivity contribution in [3.63, 3.8) is 0 Å². The molecular formula is C48H46IrN2O-2. The van der Waals surface area contributed by atoms with Crippen LogP contribution in [0.4, 0.5) is 0 Å². The number of pyridine rings is 2. The Hall–Kier alpha value is -4.63. The van der Waals surface area contributed by atoms with Gasteiger partial charge >= 0.3 is 0 Å². The summed E-state index contributed by atoms with van der Waals surface area (Å²) in [5.74, 6) is 0. The molecule has 0 aliphatic carbocycles. The van der Waals surface area contributed by atoms with Crippen molar-refractivity contribution in [2.24, 2.45) is 10.8 Å². The normalized spacial score (nSPS) is 15.7. The van der Waals surface area contributed by atoms with Gasteiger partial charge in [0.25, 0.3) is 0 Å². The molecular weight excluding hydrogens is 813 g/mol. The fourth-order valence-corrected chi connectivity index (χ4v) is 6.22. The number of fused-ring (bicyclic) bond motifs is 7. The molecule has 0 amide bonds. The monoisotopic (exact) mass is 869 g/mol. The van der Waals surface area contributed by atoms with E-state index < -0.39 is 37.3 Å². The number of aromatic nitrogens is 2. The van der Waals surface area contributed by atoms with Crippen molar-refractivity contribution in [3.05, 3.63) is 144 Å². The van der Waals surface area contributed by atoms with Crippen LogP contribution in [-0.2, 0) is 32.9 Å². The first-order chi connectivity index (χ1) is 28.3. The van der Waals surface area contributed by atoms with E-state index in [9.17, 15) is 0 Å². The minimum atomic E-state index is -2.51. The molecule has 0 N–H and O–H groups in total. The molecule has 3 nitrogen and oxygen atoms in total. The van der Waals surface area contributed by atoms with Crippen LogP contribution in [0.1, 0.15) is 77.5 Å². The molecule has 5 aromatic carbocycles. The van der Waals surface area contributed by atoms with Crippen LogP contribution in [0.5, 0.6) is 0 Å². The fraction of sp³-hybridized carbons (Fsp3) is 0.250. The van der Waals surface area contributed by atoms with Crippen LogP contribution in [0.25, 0.3) is 66.0 Å². The summed E-state index contributed by atoms with van der Waals surface area (Å²) >= 11 is 0. The molecule has 0 fully saturated rings. The van der Waals surface area contributed by atoms with Gasteiger partial charge in [0.05, 0.1) is 5.58 Å². The Balaban J connectivity index is 0.000000230. The van der Waals surface area contributed by atoms with Gasteiger partial charge in [0.2, 0.25) is 0 Å². The summed E-state index contributed by atoms with van der Waals surface area (Å²) in [5.41, 5.74) is 3.04. The van der Waals surface area contributed by atoms with Crippen molar-refractivity contribution in [2.45, 2.75) is 68.0 Å². The van der Waals surface area contributed by atoms with Crippen molar-refractivity contribution in [2.75, 3.05) is 0 Å². The largest absolute Gasteiger partial charge is 0.500 e. The van der Waals surface area contributed by atoms with Crippen LogP contribution >= 0.6 is 0 Å². The minimum absolute atomic E-state index is 0. The summed E-state index contributed by atoms with van der Waals surface area (Å²) < 4.78 is 87.0. The van der Waals surface area contributed by atoms with Crippen molar-refractivity contribution in [3.8, 4) is 22.5 Å². The van der Waals surface area contributed by atoms with Gasteiger partial charge in [0, 0.05) is 57.0 Å². The van der Waals surface area contributed by atoms with Gasteiger partial charge in [0.15, 0.2) is 0 Å². The maximum Gasteiger partial charge on any atom is 0.129 e. The van der Waals surface area contributed by atoms with Gasteiger partial charge in [-0.2, -0.15) is 0 Å². The second-order valence-corrected chi connectivity index (χ2v) is 14.8. The van der Waals surface area contributed by atoms with E-state index in [0.717, 1.165) is 37.9 Å². The second-order valence-electron chi connectivity index (χ2n) is 14.8. The Morgan fingerprint density at radius 3 is 2.15 bits per heavy atom. The Morgan fingerprint density at radius 2 is 1.44 bits per heavy atom. The standard InChI is InChI=1S/C31H26NO.C17H20N.Ir/c1-19-18-32-27(16-22(19)17-31(2,3)4)26-11-7-10-24-25-15-14-21-13-12-20-8-5-6-9-23(20)28(21)30(25)33-29(24)26;1-13-5-8-15(9-6-13)16-10-7-14(12-18-16)11-17(2,3)4;/h5-10,12-16,18H,17H2,1-4H3;5-8,10,12H,11H2,1-4H3;/q2*-1;/i1D3,17D2;1D3,11D2;. The summed E-state index contributed by atoms with van der Waals surface area (Å²) in [5, 5.41) is 6.17. The van der Waals surface area contributed by atoms with Gasteiger partial charge in [-0.15, -0.1) is 53.6 Å². The molecule has 0 atom stereocenters. The molecule has 0 bridgehead atoms. The van der Waals surface area contributed by atoms with Gasteiger partial charge in [-0.05, 0) is 69.1 Å². The first kappa shape index (κ1) is 26.2. The minimum Gasteiger partial charge on any atom is -0.500 e. The van der Waals surface area contributed by atoms with Gasteiger partial charge in [-0.3, -0.25) is 0 Å². The van der Waals surface area contributed by atoms with E-state index in [2.05, 4.69) is 58.5 Å². The van der Waals surface area contributed by atoms with Crippen LogP contribution in [-0.4, -0.2) is 9.97 Å². The molecule has 0 spiro atoms. The molecule has 265 valence electrons. The number of nitrogens with zero attached hydrogens (tertiary/aromatic N) is 2. The average molecular weight is 869 g/mol. The average Bonchev–Trinajstić information content (AvgIpc) is 3.58. The third kappa shape index (κ3) is 8.04. The van der Waals surface area contributed by atoms with Gasteiger partial charge < -0.3 is 14.4 Å². The molecule has 4 heteroatoms. The summed E-state index contributed by atoms with van der Waals surface area (Å²) in [7, 11) is 0. The summed E-state index contributed by atoms with van der Waals surface area (Å²) in [6.07, 6.45) is -0.607. The van der Waals surface area contributed by atoms with Crippen molar-refractivity contribution in [1.29, 1.82) is 0 Å². The molecule has 0 unspecified atom stereocenters. The molecule has 8 aromatic rings. The SMILES string of the molecule is [2H]C([2H])([2H])c1c[c-]c(-c2ccc(C([2H])([2H])C(C)(C)C)cn2)cc1.[2H]C([2H])([2H])c1cnc(-c2[c-]ccc3c2oc2c3ccc3ccc4ccccc4c32)cc1C([2H])([2H])C(C)(C)C.[Ir]. The molecule has 3 aromatic heterocycles. The predicted octanol–water partition coefficient (Wildman–Crippen LogP) is 13.1. The first-order valence-corrected chi connectivity index (χ1v) is 17.0. The van der Waals surface area contributed by atoms with Gasteiger partial charge in [-0.1, -0.05) is 132 Å². The Bertz CT molecular complexity index is 2900. The zero-order valence-electron chi connectivity index (χ0n) is 40.0. The van der Waals surface area contributed by atoms with Crippen molar-refractivity contribution in [1.82, 2.24) is 9.97 Å². The Kier molecular flexibility index (Phi) is 7.44. The zero-order valence-corrected chi connectivity index (χ0v) is 32.4. The maximum atomic E-state index is 8.87. The fourth-order valence-electron chi connectivity index (χ4n) is 6.22. The second kappa shape index (κ2) is 14.8. The van der Waals surface area contributed by atoms with Gasteiger partial charge in [-0.25, -0.2) is 0 Å².